The second kappa shape index (κ2) is 7.54. The van der Waals surface area contributed by atoms with Crippen molar-refractivity contribution < 1.29 is 22.8 Å². The topological polar surface area (TPSA) is 41.9 Å². The van der Waals surface area contributed by atoms with Crippen molar-refractivity contribution in [3.8, 4) is 0 Å². The van der Waals surface area contributed by atoms with E-state index in [2.05, 4.69) is 5.16 Å². The molecule has 0 saturated carbocycles. The zero-order valence-electron chi connectivity index (χ0n) is 15.8. The molecular weight excluding hydrogens is 381 g/mol. The molecule has 152 valence electrons. The average molecular weight is 402 g/mol. The zero-order valence-corrected chi connectivity index (χ0v) is 15.8. The molecule has 7 heteroatoms. The summed E-state index contributed by atoms with van der Waals surface area (Å²) in [5.41, 5.74) is 0.485. The van der Waals surface area contributed by atoms with Gasteiger partial charge in [0.05, 0.1) is 24.2 Å². The second-order valence-corrected chi connectivity index (χ2v) is 7.65. The van der Waals surface area contributed by atoms with Gasteiger partial charge in [0.25, 0.3) is 0 Å². The molecule has 1 amide bonds. The minimum Gasteiger partial charge on any atom is -0.387 e. The molecule has 0 N–H and O–H groups in total. The van der Waals surface area contributed by atoms with E-state index >= 15 is 0 Å². The number of benzene rings is 2. The van der Waals surface area contributed by atoms with Gasteiger partial charge in [0.1, 0.15) is 0 Å². The van der Waals surface area contributed by atoms with Crippen molar-refractivity contribution in [2.24, 2.45) is 5.16 Å². The van der Waals surface area contributed by atoms with Gasteiger partial charge in [-0.3, -0.25) is 4.79 Å². The van der Waals surface area contributed by atoms with Crippen LogP contribution < -0.4 is 0 Å². The number of alkyl halides is 3. The lowest BCUT2D eigenvalue weighted by molar-refractivity contribution is -0.140. The minimum atomic E-state index is -4.40. The number of oxime groups is 1. The molecule has 0 radical (unpaired) electrons. The summed E-state index contributed by atoms with van der Waals surface area (Å²) in [6.07, 6.45) is -2.21. The largest absolute Gasteiger partial charge is 0.416 e. The van der Waals surface area contributed by atoms with Gasteiger partial charge in [0.2, 0.25) is 5.91 Å². The maximum absolute atomic E-state index is 13.0. The molecule has 1 fully saturated rings. The number of carbonyl (C=O) groups is 1. The molecule has 1 saturated heterocycles. The summed E-state index contributed by atoms with van der Waals surface area (Å²) in [5, 5.41) is 4.10. The molecule has 2 aliphatic heterocycles. The molecule has 1 atom stereocenters. The zero-order chi connectivity index (χ0) is 20.5. The lowest BCUT2D eigenvalue weighted by atomic mass is 9.86. The number of amides is 1. The summed E-state index contributed by atoms with van der Waals surface area (Å²) < 4.78 is 39.0. The Balaban J connectivity index is 1.45. The van der Waals surface area contributed by atoms with Gasteiger partial charge in [-0.15, -0.1) is 0 Å². The molecular formula is C22H21F3N2O2. The van der Waals surface area contributed by atoms with Crippen LogP contribution in [0.4, 0.5) is 13.2 Å². The second-order valence-electron chi connectivity index (χ2n) is 7.65. The third-order valence-electron chi connectivity index (χ3n) is 5.45. The van der Waals surface area contributed by atoms with Gasteiger partial charge in [0.15, 0.2) is 5.60 Å². The van der Waals surface area contributed by atoms with Crippen LogP contribution >= 0.6 is 0 Å². The predicted molar refractivity (Wildman–Crippen MR) is 102 cm³/mol. The average Bonchev–Trinajstić information content (AvgIpc) is 3.11. The minimum absolute atomic E-state index is 0.0198. The number of piperidine rings is 1. The summed E-state index contributed by atoms with van der Waals surface area (Å²) in [6.45, 7) is 1.04. The van der Waals surface area contributed by atoms with E-state index in [9.17, 15) is 18.0 Å². The Kier molecular flexibility index (Phi) is 5.06. The first kappa shape index (κ1) is 19.5. The van der Waals surface area contributed by atoms with Gasteiger partial charge in [-0.05, 0) is 30.5 Å². The molecule has 2 aromatic rings. The predicted octanol–water partition coefficient (Wildman–Crippen LogP) is 4.43. The lowest BCUT2D eigenvalue weighted by Gasteiger charge is -2.38. The molecule has 0 aliphatic carbocycles. The van der Waals surface area contributed by atoms with Crippen LogP contribution in [0.3, 0.4) is 0 Å². The van der Waals surface area contributed by atoms with Crippen molar-refractivity contribution in [2.45, 2.75) is 37.5 Å². The molecule has 1 spiro atoms. The number of carbonyl (C=O) groups excluding carboxylic acids is 1. The van der Waals surface area contributed by atoms with E-state index in [-0.39, 0.29) is 5.91 Å². The summed E-state index contributed by atoms with van der Waals surface area (Å²) in [6, 6.07) is 14.7. The third-order valence-corrected chi connectivity index (χ3v) is 5.45. The normalized spacial score (nSPS) is 21.8. The van der Waals surface area contributed by atoms with Crippen molar-refractivity contribution in [3.05, 3.63) is 71.3 Å². The molecule has 0 bridgehead atoms. The van der Waals surface area contributed by atoms with Crippen LogP contribution in [0.25, 0.3) is 0 Å². The fraction of sp³-hybridized carbons (Fsp3) is 0.364. The maximum atomic E-state index is 13.0. The summed E-state index contributed by atoms with van der Waals surface area (Å²) in [5.74, 6) is 0.0198. The fourth-order valence-electron chi connectivity index (χ4n) is 3.96. The van der Waals surface area contributed by atoms with E-state index in [1.807, 2.05) is 30.3 Å². The van der Waals surface area contributed by atoms with E-state index in [0.29, 0.717) is 43.6 Å². The highest BCUT2D eigenvalue weighted by molar-refractivity contribution is 6.01. The van der Waals surface area contributed by atoms with Gasteiger partial charge < -0.3 is 9.74 Å². The number of rotatable bonds is 3. The Bertz CT molecular complexity index is 927. The highest BCUT2D eigenvalue weighted by Crippen LogP contribution is 2.36. The smallest absolute Gasteiger partial charge is 0.387 e. The molecule has 2 aromatic carbocycles. The van der Waals surface area contributed by atoms with Crippen LogP contribution in [0.2, 0.25) is 0 Å². The quantitative estimate of drug-likeness (QED) is 0.762. The van der Waals surface area contributed by atoms with E-state index in [4.69, 9.17) is 4.84 Å². The van der Waals surface area contributed by atoms with Crippen molar-refractivity contribution in [2.75, 3.05) is 13.1 Å². The van der Waals surface area contributed by atoms with Crippen LogP contribution in [0.5, 0.6) is 0 Å². The Labute approximate surface area is 167 Å². The van der Waals surface area contributed by atoms with E-state index in [1.54, 1.807) is 11.0 Å². The molecule has 4 rings (SSSR count). The number of likely N-dealkylation sites (tertiary alicyclic amines) is 1. The van der Waals surface area contributed by atoms with E-state index in [0.717, 1.165) is 24.1 Å². The van der Waals surface area contributed by atoms with Gasteiger partial charge >= 0.3 is 6.18 Å². The first-order chi connectivity index (χ1) is 13.8. The number of nitrogens with zero attached hydrogens (tertiary/aromatic N) is 2. The fourth-order valence-corrected chi connectivity index (χ4v) is 3.96. The summed E-state index contributed by atoms with van der Waals surface area (Å²) in [7, 11) is 0. The van der Waals surface area contributed by atoms with Gasteiger partial charge in [-0.25, -0.2) is 0 Å². The van der Waals surface area contributed by atoms with Crippen molar-refractivity contribution in [1.29, 1.82) is 0 Å². The van der Waals surface area contributed by atoms with Gasteiger partial charge in [0, 0.05) is 18.5 Å². The SMILES string of the molecule is O=C(Cc1ccccc1)N1CCCC2(CC(c3cccc(C(F)(F)F)c3)=NO2)C1. The summed E-state index contributed by atoms with van der Waals surface area (Å²) in [4.78, 5) is 20.2. The Morgan fingerprint density at radius 2 is 1.93 bits per heavy atom. The van der Waals surface area contributed by atoms with Crippen LogP contribution in [0, 0.1) is 0 Å². The molecule has 2 aliphatic rings. The molecule has 4 nitrogen and oxygen atoms in total. The maximum Gasteiger partial charge on any atom is 0.416 e. The first-order valence-corrected chi connectivity index (χ1v) is 9.59. The molecule has 0 aromatic heterocycles. The highest BCUT2D eigenvalue weighted by atomic mass is 19.4. The Hall–Kier alpha value is -2.83. The van der Waals surface area contributed by atoms with Crippen molar-refractivity contribution in [3.63, 3.8) is 0 Å². The third kappa shape index (κ3) is 4.28. The van der Waals surface area contributed by atoms with Crippen LogP contribution in [-0.4, -0.2) is 35.2 Å². The van der Waals surface area contributed by atoms with Crippen LogP contribution in [-0.2, 0) is 22.2 Å². The Morgan fingerprint density at radius 1 is 1.14 bits per heavy atom. The van der Waals surface area contributed by atoms with Crippen molar-refractivity contribution >= 4 is 11.6 Å². The monoisotopic (exact) mass is 402 g/mol. The van der Waals surface area contributed by atoms with Crippen molar-refractivity contribution in [1.82, 2.24) is 4.90 Å². The lowest BCUT2D eigenvalue weighted by Crippen LogP contribution is -2.50. The van der Waals surface area contributed by atoms with Crippen LogP contribution in [0.15, 0.2) is 59.8 Å². The summed E-state index contributed by atoms with van der Waals surface area (Å²) >= 11 is 0. The van der Waals surface area contributed by atoms with E-state index in [1.165, 1.54) is 6.07 Å². The Morgan fingerprint density at radius 3 is 2.69 bits per heavy atom. The number of hydrogen-bond donors (Lipinski definition) is 0. The molecule has 1 unspecified atom stereocenters. The van der Waals surface area contributed by atoms with Crippen LogP contribution in [0.1, 0.15) is 36.0 Å². The molecule has 29 heavy (non-hydrogen) atoms. The number of hydrogen-bond acceptors (Lipinski definition) is 3. The number of halogens is 3. The first-order valence-electron chi connectivity index (χ1n) is 9.59. The van der Waals surface area contributed by atoms with Gasteiger partial charge in [-0.1, -0.05) is 47.6 Å². The standard InChI is InChI=1S/C22H21F3N2O2/c23-22(24,25)18-9-4-8-17(13-18)19-14-21(29-26-19)10-5-11-27(15-21)20(28)12-16-6-2-1-3-7-16/h1-4,6-9,13H,5,10-12,14-15H2. The molecule has 2 heterocycles. The van der Waals surface area contributed by atoms with Gasteiger partial charge in [-0.2, -0.15) is 13.2 Å². The van der Waals surface area contributed by atoms with E-state index < -0.39 is 17.3 Å². The highest BCUT2D eigenvalue weighted by Gasteiger charge is 2.44.